The van der Waals surface area contributed by atoms with Gasteiger partial charge >= 0.3 is 0 Å². The number of nitrogens with zero attached hydrogens (tertiary/aromatic N) is 14. The van der Waals surface area contributed by atoms with Gasteiger partial charge in [-0.25, -0.2) is 105 Å². The van der Waals surface area contributed by atoms with E-state index in [2.05, 4.69) is 77.8 Å². The molecule has 4 saturated heterocycles. The lowest BCUT2D eigenvalue weighted by atomic mass is 9.85. The Kier molecular flexibility index (Phi) is 31.0. The first-order valence-electron chi connectivity index (χ1n) is 44.4. The van der Waals surface area contributed by atoms with Crippen LogP contribution < -0.4 is 43.5 Å². The molecule has 0 unspecified atom stereocenters. The van der Waals surface area contributed by atoms with E-state index in [-0.39, 0.29) is 78.6 Å². The summed E-state index contributed by atoms with van der Waals surface area (Å²) in [5.74, 6) is 9.50. The van der Waals surface area contributed by atoms with Gasteiger partial charge in [-0.15, -0.1) is 9.41 Å². The van der Waals surface area contributed by atoms with Crippen LogP contribution in [0.15, 0.2) is 142 Å². The molecular weight excluding hydrogens is 1830 g/mol. The zero-order valence-electron chi connectivity index (χ0n) is 75.9. The van der Waals surface area contributed by atoms with Crippen molar-refractivity contribution in [3.63, 3.8) is 0 Å². The molecule has 5 aliphatic rings. The van der Waals surface area contributed by atoms with Gasteiger partial charge in [0.25, 0.3) is 47.9 Å². The van der Waals surface area contributed by atoms with Crippen LogP contribution in [0.25, 0.3) is 44.1 Å². The minimum absolute atomic E-state index is 0.0199. The third kappa shape index (κ3) is 21.7. The van der Waals surface area contributed by atoms with Crippen molar-refractivity contribution in [3.05, 3.63) is 254 Å². The van der Waals surface area contributed by atoms with Gasteiger partial charge in [0.1, 0.15) is 94.4 Å². The Balaban J connectivity index is 0.000000144. The molecule has 5 fully saturated rings. The smallest absolute Gasteiger partial charge is 0.266 e. The Morgan fingerprint density at radius 2 is 0.652 bits per heavy atom. The van der Waals surface area contributed by atoms with Crippen LogP contribution in [-0.2, 0) is 47.6 Å². The Bertz CT molecular complexity index is 6930. The number of anilines is 4. The summed E-state index contributed by atoms with van der Waals surface area (Å²) in [6.45, 7) is 9.28. The molecule has 8 aromatic heterocycles. The quantitative estimate of drug-likeness (QED) is 0.0311. The summed E-state index contributed by atoms with van der Waals surface area (Å²) in [4.78, 5) is 89.2. The molecule has 720 valence electrons. The summed E-state index contributed by atoms with van der Waals surface area (Å²) < 4.78 is 203. The lowest BCUT2D eigenvalue weighted by molar-refractivity contribution is 0.0973. The first kappa shape index (κ1) is 99.5. The van der Waals surface area contributed by atoms with Crippen molar-refractivity contribution >= 4 is 109 Å². The Morgan fingerprint density at radius 1 is 0.400 bits per heavy atom. The lowest BCUT2D eigenvalue weighted by Crippen LogP contribution is -2.45. The zero-order valence-corrected chi connectivity index (χ0v) is 78.3. The van der Waals surface area contributed by atoms with Gasteiger partial charge in [-0.2, -0.15) is 10.5 Å². The van der Waals surface area contributed by atoms with Crippen LogP contribution in [-0.4, -0.2) is 149 Å². The number of fused-ring (bicyclic) bond motifs is 4. The maximum atomic E-state index is 14.7. The summed E-state index contributed by atoms with van der Waals surface area (Å²) in [5, 5.41) is 14.9. The molecule has 12 heterocycles. The fourth-order valence-corrected chi connectivity index (χ4v) is 22.5. The minimum Gasteiger partial charge on any atom is -0.363 e. The van der Waals surface area contributed by atoms with Gasteiger partial charge in [0.2, 0.25) is 10.0 Å². The number of alkyl halides is 8. The number of pyridine rings is 4. The molecule has 1 saturated carbocycles. The Labute approximate surface area is 774 Å². The van der Waals surface area contributed by atoms with Crippen molar-refractivity contribution in [2.45, 2.75) is 178 Å². The Hall–Kier alpha value is -11.5. The SMILES string of the molecule is C=S1(=N)CCC(c2cc3c(N[C@H](C)c4cccc(C(F)F)c4F)ncnc3n(C)c2=O)CC1.C=S1CCC(c2cc3c(N[C@H](C)c4cccc(C(F)F)c4F)ncnc3n(C)c2=O)CC1.C[C@@H](Nc1ncnc2c1cc(C1CCN(C3CCC3)CC1)c(=O)n2C)c1cccc(C(F)F)c1F.C[C@@H](Nc1ncnc2c1cc(C1CCN(S(C)(=O)=O)CC1)c(=O)n2C)c1cccc(C(F)F)c1F. The van der Waals surface area contributed by atoms with Gasteiger partial charge < -0.3 is 26.2 Å². The topological polar surface area (TPSA) is 304 Å². The maximum Gasteiger partial charge on any atom is 0.266 e. The number of likely N-dealkylation sites (tertiary alicyclic amines) is 1. The monoisotopic (exact) mass is 1930 g/mol. The van der Waals surface area contributed by atoms with E-state index in [0.717, 1.165) is 92.9 Å². The number of piperidine rings is 2. The van der Waals surface area contributed by atoms with Crippen molar-refractivity contribution in [2.75, 3.05) is 76.7 Å². The summed E-state index contributed by atoms with van der Waals surface area (Å²) >= 11 is 0. The molecule has 0 bridgehead atoms. The van der Waals surface area contributed by atoms with E-state index < -0.39 is 115 Å². The average molecular weight is 1940 g/mol. The molecule has 40 heteroatoms. The first-order chi connectivity index (χ1) is 64.2. The summed E-state index contributed by atoms with van der Waals surface area (Å²) in [6, 6.07) is 21.0. The molecule has 17 rings (SSSR count). The fourth-order valence-electron chi connectivity index (χ4n) is 18.5. The third-order valence-corrected chi connectivity index (χ3v) is 31.6. The van der Waals surface area contributed by atoms with Crippen molar-refractivity contribution in [1.82, 2.24) is 67.3 Å². The molecular formula is C95H107F12N19O6S3. The predicted octanol–water partition coefficient (Wildman–Crippen LogP) is 19.0. The van der Waals surface area contributed by atoms with E-state index in [1.807, 2.05) is 12.1 Å². The van der Waals surface area contributed by atoms with E-state index in [0.29, 0.717) is 128 Å². The van der Waals surface area contributed by atoms with E-state index in [9.17, 15) is 80.3 Å². The second-order valence-corrected chi connectivity index (χ2v) is 42.1. The normalized spacial score (nSPS) is 19.3. The highest BCUT2D eigenvalue weighted by molar-refractivity contribution is 8.14. The molecule has 4 atom stereocenters. The molecule has 0 radical (unpaired) electrons. The first-order valence-corrected chi connectivity index (χ1v) is 50.2. The van der Waals surface area contributed by atoms with Crippen LogP contribution in [0.4, 0.5) is 76.0 Å². The van der Waals surface area contributed by atoms with Crippen molar-refractivity contribution in [2.24, 2.45) is 28.2 Å². The number of aromatic nitrogens is 12. The number of halogens is 12. The summed E-state index contributed by atoms with van der Waals surface area (Å²) in [5.41, 5.74) is 1.64. The van der Waals surface area contributed by atoms with Crippen molar-refractivity contribution in [1.29, 1.82) is 4.78 Å². The van der Waals surface area contributed by atoms with Crippen molar-refractivity contribution in [3.8, 4) is 0 Å². The van der Waals surface area contributed by atoms with E-state index >= 15 is 0 Å². The van der Waals surface area contributed by atoms with E-state index in [1.165, 1.54) is 117 Å². The number of benzene rings is 4. The number of aryl methyl sites for hydroxylation is 4. The molecule has 0 amide bonds. The van der Waals surface area contributed by atoms with Gasteiger partial charge in [-0.3, -0.25) is 42.2 Å². The number of rotatable bonds is 22. The van der Waals surface area contributed by atoms with E-state index in [4.69, 9.17) is 4.78 Å². The molecule has 12 aromatic rings. The van der Waals surface area contributed by atoms with Crippen LogP contribution in [0.5, 0.6) is 0 Å². The van der Waals surface area contributed by atoms with Crippen LogP contribution >= 0.6 is 10.5 Å². The molecule has 1 aliphatic carbocycles. The fraction of sp³-hybridized carbons (Fsp3) is 0.432. The lowest BCUT2D eigenvalue weighted by Gasteiger charge is -2.41. The Morgan fingerprint density at radius 3 is 0.904 bits per heavy atom. The largest absolute Gasteiger partial charge is 0.363 e. The van der Waals surface area contributed by atoms with Gasteiger partial charge in [-0.1, -0.05) is 91.0 Å². The number of hydrogen-bond donors (Lipinski definition) is 5. The van der Waals surface area contributed by atoms with Crippen LogP contribution in [0.1, 0.15) is 239 Å². The van der Waals surface area contributed by atoms with Gasteiger partial charge in [0, 0.05) is 91.8 Å². The van der Waals surface area contributed by atoms with Crippen LogP contribution in [0.2, 0.25) is 0 Å². The van der Waals surface area contributed by atoms with Crippen molar-refractivity contribution < 1.29 is 61.1 Å². The standard InChI is InChI=1S/C26H30F3N5O.C23H26F3N5O3S.C23H26F3N5OS.C23H25F3N4OS/c1-15(18-7-4-8-19(22(18)27)23(28)29)32-24-21-13-20(26(35)33(2)25(21)31-14-30-24)16-9-11-34(12-10-16)17-5-3-6-17;1-13(15-5-4-6-16(19(15)24)20(25)26)29-21-18-11-17(23(32)30(2)22(18)28-12-27-21)14-7-9-31(10-8-14)35(3,33)34;1-13(15-5-4-6-16(19(15)24)20(25)26)30-21-18-11-17(14-7-9-33(3,27)10-8-14)23(32)31(2)22(18)29-12-28-21;1-13(15-5-4-6-16(19(15)24)20(25)26)29-21-18-11-17(14-7-9-32(3)10-8-14)23(31)30(2)22(18)28-12-27-21/h4,7-8,13-17,23H,3,5-6,9-12H2,1-2H3,(H,30,31,32);4-6,11-14,20H,7-10H2,1-3H3,(H,27,28,29);4-6,11-14,20,27H,3,7-10H2,1-2H3,(H,28,29,30);4-6,11-14,20H,3,7-10H2,1-2H3,(H,27,28,29)/t15-;13-;13-,14?,33?;13-,14?,32?/m1111/s1. The summed E-state index contributed by atoms with van der Waals surface area (Å²) in [7, 11) is 1.86. The predicted molar refractivity (Wildman–Crippen MR) is 508 cm³/mol. The highest BCUT2D eigenvalue weighted by atomic mass is 32.2. The van der Waals surface area contributed by atoms with Gasteiger partial charge in [-0.05, 0) is 176 Å². The zero-order chi connectivity index (χ0) is 97.1. The van der Waals surface area contributed by atoms with Crippen LogP contribution in [0, 0.1) is 28.0 Å². The van der Waals surface area contributed by atoms with Gasteiger partial charge in [0.05, 0.1) is 74.2 Å². The molecule has 25 nitrogen and oxygen atoms in total. The third-order valence-electron chi connectivity index (χ3n) is 26.6. The number of sulfonamides is 1. The second-order valence-electron chi connectivity index (χ2n) is 35.2. The molecule has 4 aromatic carbocycles. The maximum absolute atomic E-state index is 14.7. The number of nitrogens with one attached hydrogen (secondary N) is 5. The molecule has 0 spiro atoms. The highest BCUT2D eigenvalue weighted by Gasteiger charge is 2.35. The molecule has 135 heavy (non-hydrogen) atoms. The van der Waals surface area contributed by atoms with Crippen LogP contribution in [0.3, 0.4) is 0 Å². The number of hydrogen-bond acceptors (Lipinski definition) is 20. The van der Waals surface area contributed by atoms with E-state index in [1.54, 1.807) is 72.6 Å². The molecule has 4 aliphatic heterocycles. The van der Waals surface area contributed by atoms with Gasteiger partial charge in [0.15, 0.2) is 0 Å². The average Bonchev–Trinajstić information content (AvgIpc) is 0.771. The molecule has 5 N–H and O–H groups in total. The second kappa shape index (κ2) is 42.0. The highest BCUT2D eigenvalue weighted by Crippen LogP contribution is 2.42. The summed E-state index contributed by atoms with van der Waals surface area (Å²) in [6.07, 6.45) is 4.74. The minimum atomic E-state index is -3.30.